The fourth-order valence-electron chi connectivity index (χ4n) is 2.75. The lowest BCUT2D eigenvalue weighted by Crippen LogP contribution is -2.22. The Hall–Kier alpha value is -2.77. The first kappa shape index (κ1) is 21.0. The molecule has 0 unspecified atom stereocenters. The van der Waals surface area contributed by atoms with Gasteiger partial charge in [0, 0.05) is 22.0 Å². The number of benzene rings is 2. The first-order chi connectivity index (χ1) is 14.0. The minimum absolute atomic E-state index is 0.143. The Labute approximate surface area is 176 Å². The fourth-order valence-corrected chi connectivity index (χ4v) is 4.08. The molecule has 2 aromatic carbocycles. The topological polar surface area (TPSA) is 77.8 Å². The molecule has 152 valence electrons. The zero-order valence-corrected chi connectivity index (χ0v) is 17.5. The zero-order valence-electron chi connectivity index (χ0n) is 15.9. The number of rotatable bonds is 8. The standard InChI is InChI=1S/C21H20ClNO5S/c1-26-18-8-3-5-14(20(18)27-2)12-23-21(24)19-10-9-16(28-19)13-29(25)17-7-4-6-15(22)11-17/h3-11H,12-13H2,1-2H3,(H,23,24)/t29-/m0/s1. The van der Waals surface area contributed by atoms with Gasteiger partial charge in [-0.15, -0.1) is 0 Å². The van der Waals surface area contributed by atoms with E-state index in [1.54, 1.807) is 56.7 Å². The van der Waals surface area contributed by atoms with Crippen LogP contribution >= 0.6 is 11.6 Å². The summed E-state index contributed by atoms with van der Waals surface area (Å²) in [5, 5.41) is 3.30. The van der Waals surface area contributed by atoms with Gasteiger partial charge in [-0.2, -0.15) is 0 Å². The second-order valence-corrected chi connectivity index (χ2v) is 7.94. The summed E-state index contributed by atoms with van der Waals surface area (Å²) in [5.74, 6) is 1.51. The molecule has 1 amide bonds. The average molecular weight is 434 g/mol. The maximum absolute atomic E-state index is 12.5. The van der Waals surface area contributed by atoms with Gasteiger partial charge in [0.25, 0.3) is 5.91 Å². The van der Waals surface area contributed by atoms with Crippen LogP contribution in [0.5, 0.6) is 11.5 Å². The van der Waals surface area contributed by atoms with Crippen molar-refractivity contribution in [3.05, 3.63) is 76.7 Å². The van der Waals surface area contributed by atoms with E-state index in [0.717, 1.165) is 5.56 Å². The summed E-state index contributed by atoms with van der Waals surface area (Å²) in [6, 6.07) is 15.5. The number of hydrogen-bond acceptors (Lipinski definition) is 5. The first-order valence-electron chi connectivity index (χ1n) is 8.72. The first-order valence-corrected chi connectivity index (χ1v) is 10.4. The van der Waals surface area contributed by atoms with Gasteiger partial charge in [-0.1, -0.05) is 29.8 Å². The van der Waals surface area contributed by atoms with Crippen molar-refractivity contribution in [2.75, 3.05) is 14.2 Å². The van der Waals surface area contributed by atoms with Crippen LogP contribution in [0.4, 0.5) is 0 Å². The highest BCUT2D eigenvalue weighted by Gasteiger charge is 2.15. The highest BCUT2D eigenvalue weighted by atomic mass is 35.5. The van der Waals surface area contributed by atoms with Crippen molar-refractivity contribution >= 4 is 28.3 Å². The van der Waals surface area contributed by atoms with Crippen molar-refractivity contribution in [1.29, 1.82) is 0 Å². The highest BCUT2D eigenvalue weighted by Crippen LogP contribution is 2.30. The molecule has 3 rings (SSSR count). The summed E-state index contributed by atoms with van der Waals surface area (Å²) in [6.07, 6.45) is 0. The third-order valence-corrected chi connectivity index (χ3v) is 5.70. The third-order valence-electron chi connectivity index (χ3n) is 4.14. The van der Waals surface area contributed by atoms with Crippen LogP contribution in [0.2, 0.25) is 5.02 Å². The van der Waals surface area contributed by atoms with E-state index in [-0.39, 0.29) is 24.0 Å². The Morgan fingerprint density at radius 1 is 1.10 bits per heavy atom. The maximum Gasteiger partial charge on any atom is 0.287 e. The second-order valence-electron chi connectivity index (χ2n) is 6.05. The molecule has 0 radical (unpaired) electrons. The van der Waals surface area contributed by atoms with Gasteiger partial charge in [0.15, 0.2) is 17.3 Å². The summed E-state index contributed by atoms with van der Waals surface area (Å²) in [7, 11) is 1.77. The molecule has 0 saturated carbocycles. The van der Waals surface area contributed by atoms with E-state index >= 15 is 0 Å². The number of methoxy groups -OCH3 is 2. The minimum atomic E-state index is -1.33. The van der Waals surface area contributed by atoms with Gasteiger partial charge in [0.2, 0.25) is 0 Å². The minimum Gasteiger partial charge on any atom is -0.493 e. The quantitative estimate of drug-likeness (QED) is 0.576. The molecule has 0 fully saturated rings. The Morgan fingerprint density at radius 3 is 2.62 bits per heavy atom. The molecule has 1 N–H and O–H groups in total. The number of ether oxygens (including phenoxy) is 2. The predicted molar refractivity (Wildman–Crippen MR) is 111 cm³/mol. The van der Waals surface area contributed by atoms with Crippen molar-refractivity contribution in [3.63, 3.8) is 0 Å². The lowest BCUT2D eigenvalue weighted by atomic mass is 10.2. The molecule has 29 heavy (non-hydrogen) atoms. The van der Waals surface area contributed by atoms with Crippen LogP contribution in [0.1, 0.15) is 21.9 Å². The molecule has 0 aliphatic rings. The average Bonchev–Trinajstić information content (AvgIpc) is 3.20. The molecular weight excluding hydrogens is 414 g/mol. The van der Waals surface area contributed by atoms with E-state index in [4.69, 9.17) is 25.5 Å². The van der Waals surface area contributed by atoms with Gasteiger partial charge < -0.3 is 19.2 Å². The van der Waals surface area contributed by atoms with Crippen molar-refractivity contribution in [3.8, 4) is 11.5 Å². The summed E-state index contributed by atoms with van der Waals surface area (Å²) in [4.78, 5) is 13.0. The Morgan fingerprint density at radius 2 is 1.90 bits per heavy atom. The van der Waals surface area contributed by atoms with E-state index in [2.05, 4.69) is 5.32 Å². The lowest BCUT2D eigenvalue weighted by Gasteiger charge is -2.12. The van der Waals surface area contributed by atoms with Crippen LogP contribution in [0, 0.1) is 0 Å². The van der Waals surface area contributed by atoms with Gasteiger partial charge in [-0.3, -0.25) is 9.00 Å². The maximum atomic E-state index is 12.5. The van der Waals surface area contributed by atoms with Gasteiger partial charge >= 0.3 is 0 Å². The predicted octanol–water partition coefficient (Wildman–Crippen LogP) is 4.19. The van der Waals surface area contributed by atoms with Crippen molar-refractivity contribution in [2.24, 2.45) is 0 Å². The molecule has 1 heterocycles. The zero-order chi connectivity index (χ0) is 20.8. The number of halogens is 1. The number of para-hydroxylation sites is 1. The molecule has 8 heteroatoms. The number of amides is 1. The summed E-state index contributed by atoms with van der Waals surface area (Å²) in [5.41, 5.74) is 0.772. The number of hydrogen-bond donors (Lipinski definition) is 1. The SMILES string of the molecule is COc1cccc(CNC(=O)c2ccc(C[S@](=O)c3cccc(Cl)c3)o2)c1OC. The molecule has 6 nitrogen and oxygen atoms in total. The van der Waals surface area contributed by atoms with E-state index in [9.17, 15) is 9.00 Å². The van der Waals surface area contributed by atoms with Crippen LogP contribution in [-0.2, 0) is 23.1 Å². The highest BCUT2D eigenvalue weighted by molar-refractivity contribution is 7.84. The third kappa shape index (κ3) is 5.19. The Bertz CT molecular complexity index is 1030. The number of carbonyl (C=O) groups is 1. The van der Waals surface area contributed by atoms with Crippen LogP contribution in [0.3, 0.4) is 0 Å². The number of furan rings is 1. The molecule has 1 aromatic heterocycles. The molecule has 0 bridgehead atoms. The molecule has 3 aromatic rings. The summed E-state index contributed by atoms with van der Waals surface area (Å²) in [6.45, 7) is 0.240. The van der Waals surface area contributed by atoms with Crippen LogP contribution in [0.25, 0.3) is 0 Å². The van der Waals surface area contributed by atoms with Gasteiger partial charge in [-0.25, -0.2) is 0 Å². The van der Waals surface area contributed by atoms with Crippen LogP contribution in [0.15, 0.2) is 63.9 Å². The molecular formula is C21H20ClNO5S. The number of carbonyl (C=O) groups excluding carboxylic acids is 1. The number of nitrogens with one attached hydrogen (secondary N) is 1. The monoisotopic (exact) mass is 433 g/mol. The van der Waals surface area contributed by atoms with Crippen LogP contribution < -0.4 is 14.8 Å². The van der Waals surface area contributed by atoms with E-state index in [1.807, 2.05) is 12.1 Å². The van der Waals surface area contributed by atoms with Crippen molar-refractivity contribution in [1.82, 2.24) is 5.32 Å². The van der Waals surface area contributed by atoms with E-state index in [1.165, 1.54) is 0 Å². The molecule has 0 saturated heterocycles. The normalized spacial score (nSPS) is 11.7. The van der Waals surface area contributed by atoms with E-state index < -0.39 is 10.8 Å². The van der Waals surface area contributed by atoms with Crippen LogP contribution in [-0.4, -0.2) is 24.3 Å². The lowest BCUT2D eigenvalue weighted by molar-refractivity contribution is 0.0921. The molecule has 0 aliphatic carbocycles. The smallest absolute Gasteiger partial charge is 0.287 e. The molecule has 1 atom stereocenters. The Balaban J connectivity index is 1.63. The van der Waals surface area contributed by atoms with Gasteiger partial charge in [0.05, 0.1) is 30.8 Å². The second kappa shape index (κ2) is 9.62. The summed E-state index contributed by atoms with van der Waals surface area (Å²) < 4.78 is 28.6. The molecule has 0 aliphatic heterocycles. The van der Waals surface area contributed by atoms with Crippen molar-refractivity contribution < 1.29 is 22.9 Å². The van der Waals surface area contributed by atoms with E-state index in [0.29, 0.717) is 27.2 Å². The fraction of sp³-hybridized carbons (Fsp3) is 0.190. The molecule has 0 spiro atoms. The van der Waals surface area contributed by atoms with Crippen molar-refractivity contribution in [2.45, 2.75) is 17.2 Å². The largest absolute Gasteiger partial charge is 0.493 e. The van der Waals surface area contributed by atoms with Gasteiger partial charge in [-0.05, 0) is 36.4 Å². The van der Waals surface area contributed by atoms with Gasteiger partial charge in [0.1, 0.15) is 5.76 Å². The summed E-state index contributed by atoms with van der Waals surface area (Å²) >= 11 is 5.94. The Kier molecular flexibility index (Phi) is 6.95.